The van der Waals surface area contributed by atoms with E-state index >= 15 is 0 Å². The molecule has 0 aliphatic heterocycles. The lowest BCUT2D eigenvalue weighted by molar-refractivity contribution is -0.119. The van der Waals surface area contributed by atoms with Crippen molar-refractivity contribution in [1.82, 2.24) is 0 Å². The van der Waals surface area contributed by atoms with Gasteiger partial charge in [-0.2, -0.15) is 0 Å². The number of nitrogens with one attached hydrogen (secondary N) is 1. The molecular weight excluding hydrogens is 250 g/mol. The number of rotatable bonds is 5. The van der Waals surface area contributed by atoms with E-state index in [1.807, 2.05) is 0 Å². The van der Waals surface area contributed by atoms with Gasteiger partial charge in [-0.15, -0.1) is 11.3 Å². The fourth-order valence-corrected chi connectivity index (χ4v) is 3.05. The molecule has 0 aromatic carbocycles. The van der Waals surface area contributed by atoms with Gasteiger partial charge in [0.15, 0.2) is 0 Å². The maximum absolute atomic E-state index is 11.9. The molecule has 2 rings (SSSR count). The molecule has 2 amide bonds. The second-order valence-corrected chi connectivity index (χ2v) is 5.73. The second kappa shape index (κ2) is 5.07. The summed E-state index contributed by atoms with van der Waals surface area (Å²) < 4.78 is 0. The predicted molar refractivity (Wildman–Crippen MR) is 71.4 cm³/mol. The number of carbonyl (C=O) groups excluding carboxylic acids is 2. The predicted octanol–water partition coefficient (Wildman–Crippen LogP) is 1.30. The summed E-state index contributed by atoms with van der Waals surface area (Å²) in [6.45, 7) is 0.535. The van der Waals surface area contributed by atoms with Crippen LogP contribution in [0.3, 0.4) is 0 Å². The number of amides is 2. The van der Waals surface area contributed by atoms with Gasteiger partial charge in [0, 0.05) is 6.42 Å². The highest BCUT2D eigenvalue weighted by atomic mass is 32.1. The van der Waals surface area contributed by atoms with Gasteiger partial charge >= 0.3 is 0 Å². The minimum Gasteiger partial charge on any atom is -0.366 e. The van der Waals surface area contributed by atoms with Crippen LogP contribution in [0.15, 0.2) is 11.4 Å². The molecule has 1 aromatic heterocycles. The molecule has 0 saturated heterocycles. The van der Waals surface area contributed by atoms with Gasteiger partial charge in [-0.05, 0) is 36.2 Å². The normalized spacial score (nSPS) is 16.9. The van der Waals surface area contributed by atoms with Crippen molar-refractivity contribution in [1.29, 1.82) is 0 Å². The van der Waals surface area contributed by atoms with E-state index in [4.69, 9.17) is 11.5 Å². The zero-order chi connectivity index (χ0) is 13.2. The molecule has 5 N–H and O–H groups in total. The third-order valence-corrected chi connectivity index (χ3v) is 4.40. The molecule has 0 atom stereocenters. The molecular formula is C12H17N3O2S. The zero-order valence-corrected chi connectivity index (χ0v) is 10.9. The van der Waals surface area contributed by atoms with Crippen molar-refractivity contribution in [3.63, 3.8) is 0 Å². The molecule has 0 radical (unpaired) electrons. The number of hydrogen-bond acceptors (Lipinski definition) is 4. The Balaban J connectivity index is 1.99. The first kappa shape index (κ1) is 13.0. The van der Waals surface area contributed by atoms with Gasteiger partial charge in [-0.1, -0.05) is 6.42 Å². The van der Waals surface area contributed by atoms with Crippen LogP contribution in [-0.2, 0) is 4.79 Å². The number of carbonyl (C=O) groups is 2. The van der Waals surface area contributed by atoms with Crippen molar-refractivity contribution in [2.45, 2.75) is 25.7 Å². The minimum atomic E-state index is -0.524. The first-order valence-electron chi connectivity index (χ1n) is 5.93. The molecule has 0 bridgehead atoms. The third kappa shape index (κ3) is 2.54. The Hall–Kier alpha value is -1.40. The quantitative estimate of drug-likeness (QED) is 0.750. The highest BCUT2D eigenvalue weighted by Crippen LogP contribution is 2.43. The monoisotopic (exact) mass is 267 g/mol. The topological polar surface area (TPSA) is 98.2 Å². The molecule has 0 unspecified atom stereocenters. The highest BCUT2D eigenvalue weighted by molar-refractivity contribution is 7.14. The van der Waals surface area contributed by atoms with Crippen LogP contribution in [0.4, 0.5) is 5.00 Å². The standard InChI is InChI=1S/C12H17N3O2S/c13-7-12(3-1-4-12)6-9(16)15-11-8(10(14)17)2-5-18-11/h2,5H,1,3-4,6-7,13H2,(H2,14,17)(H,15,16). The van der Waals surface area contributed by atoms with Gasteiger partial charge in [0.05, 0.1) is 5.56 Å². The Kier molecular flexibility index (Phi) is 3.68. The smallest absolute Gasteiger partial charge is 0.251 e. The number of primary amides is 1. The summed E-state index contributed by atoms with van der Waals surface area (Å²) in [4.78, 5) is 23.1. The van der Waals surface area contributed by atoms with Crippen LogP contribution >= 0.6 is 11.3 Å². The van der Waals surface area contributed by atoms with E-state index < -0.39 is 5.91 Å². The Labute approximate surface area is 110 Å². The third-order valence-electron chi connectivity index (χ3n) is 3.57. The lowest BCUT2D eigenvalue weighted by Crippen LogP contribution is -2.40. The van der Waals surface area contributed by atoms with E-state index in [1.54, 1.807) is 11.4 Å². The van der Waals surface area contributed by atoms with Gasteiger partial charge < -0.3 is 16.8 Å². The summed E-state index contributed by atoms with van der Waals surface area (Å²) in [7, 11) is 0. The lowest BCUT2D eigenvalue weighted by atomic mass is 9.66. The number of anilines is 1. The summed E-state index contributed by atoms with van der Waals surface area (Å²) >= 11 is 1.30. The van der Waals surface area contributed by atoms with E-state index in [-0.39, 0.29) is 11.3 Å². The summed E-state index contributed by atoms with van der Waals surface area (Å²) in [6.07, 6.45) is 3.56. The van der Waals surface area contributed by atoms with E-state index in [9.17, 15) is 9.59 Å². The maximum atomic E-state index is 11.9. The van der Waals surface area contributed by atoms with Crippen LogP contribution in [0.1, 0.15) is 36.0 Å². The molecule has 1 aliphatic rings. The van der Waals surface area contributed by atoms with Crippen LogP contribution in [-0.4, -0.2) is 18.4 Å². The summed E-state index contributed by atoms with van der Waals surface area (Å²) in [5, 5.41) is 5.01. The van der Waals surface area contributed by atoms with Gasteiger partial charge in [-0.25, -0.2) is 0 Å². The summed E-state index contributed by atoms with van der Waals surface area (Å²) in [5.41, 5.74) is 11.3. The number of nitrogens with two attached hydrogens (primary N) is 2. The van der Waals surface area contributed by atoms with Crippen molar-refractivity contribution in [2.75, 3.05) is 11.9 Å². The number of thiophene rings is 1. The average Bonchev–Trinajstić information content (AvgIpc) is 2.71. The molecule has 0 spiro atoms. The van der Waals surface area contributed by atoms with Crippen LogP contribution in [0.5, 0.6) is 0 Å². The Bertz CT molecular complexity index is 460. The Morgan fingerprint density at radius 2 is 2.17 bits per heavy atom. The fraction of sp³-hybridized carbons (Fsp3) is 0.500. The van der Waals surface area contributed by atoms with E-state index in [1.165, 1.54) is 11.3 Å². The van der Waals surface area contributed by atoms with E-state index in [0.717, 1.165) is 19.3 Å². The molecule has 18 heavy (non-hydrogen) atoms. The first-order valence-corrected chi connectivity index (χ1v) is 6.81. The van der Waals surface area contributed by atoms with Crippen molar-refractivity contribution in [2.24, 2.45) is 16.9 Å². The highest BCUT2D eigenvalue weighted by Gasteiger charge is 2.37. The SMILES string of the molecule is NCC1(CC(=O)Nc2sccc2C(N)=O)CCC1. The lowest BCUT2D eigenvalue weighted by Gasteiger charge is -2.40. The van der Waals surface area contributed by atoms with Crippen LogP contribution in [0.2, 0.25) is 0 Å². The molecule has 1 fully saturated rings. The van der Waals surface area contributed by atoms with Crippen molar-refractivity contribution < 1.29 is 9.59 Å². The largest absolute Gasteiger partial charge is 0.366 e. The second-order valence-electron chi connectivity index (χ2n) is 4.81. The minimum absolute atomic E-state index is 0.0335. The van der Waals surface area contributed by atoms with Crippen molar-refractivity contribution >= 4 is 28.2 Å². The van der Waals surface area contributed by atoms with Crippen molar-refractivity contribution in [3.05, 3.63) is 17.0 Å². The zero-order valence-electron chi connectivity index (χ0n) is 10.1. The van der Waals surface area contributed by atoms with Gasteiger partial charge in [0.2, 0.25) is 5.91 Å². The molecule has 5 nitrogen and oxygen atoms in total. The molecule has 1 aliphatic carbocycles. The van der Waals surface area contributed by atoms with Gasteiger partial charge in [-0.3, -0.25) is 9.59 Å². The molecule has 1 saturated carbocycles. The molecule has 1 aromatic rings. The van der Waals surface area contributed by atoms with Gasteiger partial charge in [0.1, 0.15) is 5.00 Å². The van der Waals surface area contributed by atoms with E-state index in [0.29, 0.717) is 23.5 Å². The molecule has 6 heteroatoms. The van der Waals surface area contributed by atoms with Crippen molar-refractivity contribution in [3.8, 4) is 0 Å². The Morgan fingerprint density at radius 3 is 2.67 bits per heavy atom. The maximum Gasteiger partial charge on any atom is 0.251 e. The first-order chi connectivity index (χ1) is 8.56. The Morgan fingerprint density at radius 1 is 1.44 bits per heavy atom. The molecule has 98 valence electrons. The number of hydrogen-bond donors (Lipinski definition) is 3. The fourth-order valence-electron chi connectivity index (χ4n) is 2.24. The summed E-state index contributed by atoms with van der Waals surface area (Å²) in [5.74, 6) is -0.617. The molecule has 1 heterocycles. The van der Waals surface area contributed by atoms with Crippen LogP contribution in [0.25, 0.3) is 0 Å². The average molecular weight is 267 g/mol. The van der Waals surface area contributed by atoms with Crippen LogP contribution < -0.4 is 16.8 Å². The van der Waals surface area contributed by atoms with Crippen LogP contribution in [0, 0.1) is 5.41 Å². The van der Waals surface area contributed by atoms with Gasteiger partial charge in [0.25, 0.3) is 5.91 Å². The van der Waals surface area contributed by atoms with E-state index in [2.05, 4.69) is 5.32 Å². The summed E-state index contributed by atoms with van der Waals surface area (Å²) in [6, 6.07) is 1.62.